The van der Waals surface area contributed by atoms with Crippen LogP contribution in [0.25, 0.3) is 0 Å². The van der Waals surface area contributed by atoms with Crippen molar-refractivity contribution in [2.75, 3.05) is 18.1 Å². The molecule has 1 amide bonds. The molecule has 0 unspecified atom stereocenters. The number of anilines is 1. The maximum Gasteiger partial charge on any atom is 0.338 e. The fourth-order valence-corrected chi connectivity index (χ4v) is 4.69. The third-order valence-electron chi connectivity index (χ3n) is 4.33. The van der Waals surface area contributed by atoms with E-state index in [0.29, 0.717) is 17.0 Å². The van der Waals surface area contributed by atoms with Gasteiger partial charge in [0.2, 0.25) is 0 Å². The first-order valence-electron chi connectivity index (χ1n) is 9.61. The minimum atomic E-state index is -0.548. The summed E-state index contributed by atoms with van der Waals surface area (Å²) in [5.41, 5.74) is 2.88. The second kappa shape index (κ2) is 11.3. The molecule has 3 rings (SSSR count). The Morgan fingerprint density at radius 1 is 1.16 bits per heavy atom. The number of hydrogen-bond donors (Lipinski definition) is 0. The van der Waals surface area contributed by atoms with Gasteiger partial charge in [-0.25, -0.2) is 9.78 Å². The van der Waals surface area contributed by atoms with Crippen LogP contribution in [0.5, 0.6) is 0 Å². The molecule has 0 saturated carbocycles. The van der Waals surface area contributed by atoms with Crippen LogP contribution >= 0.6 is 23.1 Å². The number of carbonyl (C=O) groups is 2. The fraction of sp³-hybridized carbons (Fsp3) is 0.217. The Bertz CT molecular complexity index is 1080. The normalized spacial score (nSPS) is 10.3. The predicted molar refractivity (Wildman–Crippen MR) is 122 cm³/mol. The number of aryl methyl sites for hydroxylation is 1. The molecule has 1 aromatic heterocycles. The average molecular weight is 452 g/mol. The molecule has 0 aliphatic rings. The lowest BCUT2D eigenvalue weighted by Gasteiger charge is -2.21. The van der Waals surface area contributed by atoms with Crippen molar-refractivity contribution in [1.82, 2.24) is 4.98 Å². The number of hydrogen-bond acceptors (Lipinski definition) is 7. The number of thiazole rings is 1. The van der Waals surface area contributed by atoms with E-state index in [9.17, 15) is 9.59 Å². The van der Waals surface area contributed by atoms with Crippen molar-refractivity contribution >= 4 is 40.7 Å². The number of rotatable bonds is 9. The molecule has 31 heavy (non-hydrogen) atoms. The zero-order chi connectivity index (χ0) is 22.1. The van der Waals surface area contributed by atoms with Crippen LogP contribution in [0.4, 0.5) is 5.69 Å². The summed E-state index contributed by atoms with van der Waals surface area (Å²) in [7, 11) is 0. The monoisotopic (exact) mass is 451 g/mol. The molecule has 0 atom stereocenters. The molecule has 1 heterocycles. The molecule has 0 aliphatic carbocycles. The molecule has 158 valence electrons. The Kier molecular flexibility index (Phi) is 8.21. The number of aromatic nitrogens is 1. The van der Waals surface area contributed by atoms with Gasteiger partial charge in [-0.2, -0.15) is 5.26 Å². The molecule has 0 N–H and O–H groups in total. The molecule has 0 fully saturated rings. The Hall–Kier alpha value is -3.15. The van der Waals surface area contributed by atoms with Crippen LogP contribution in [0.2, 0.25) is 0 Å². The Balaban J connectivity index is 1.64. The van der Waals surface area contributed by atoms with Gasteiger partial charge >= 0.3 is 5.97 Å². The lowest BCUT2D eigenvalue weighted by Crippen LogP contribution is -2.35. The van der Waals surface area contributed by atoms with Crippen molar-refractivity contribution in [3.8, 4) is 6.07 Å². The molecule has 0 saturated heterocycles. The minimum Gasteiger partial charge on any atom is -0.452 e. The number of ether oxygens (including phenoxy) is 1. The largest absolute Gasteiger partial charge is 0.452 e. The average Bonchev–Trinajstić information content (AvgIpc) is 3.22. The van der Waals surface area contributed by atoms with E-state index in [1.807, 2.05) is 48.7 Å². The van der Waals surface area contributed by atoms with Crippen molar-refractivity contribution in [2.24, 2.45) is 0 Å². The van der Waals surface area contributed by atoms with Crippen molar-refractivity contribution < 1.29 is 14.3 Å². The first-order chi connectivity index (χ1) is 15.1. The maximum atomic E-state index is 12.7. The lowest BCUT2D eigenvalue weighted by atomic mass is 10.1. The number of amides is 1. The van der Waals surface area contributed by atoms with Gasteiger partial charge in [0, 0.05) is 29.1 Å². The van der Waals surface area contributed by atoms with Crippen LogP contribution in [0, 0.1) is 18.3 Å². The zero-order valence-corrected chi connectivity index (χ0v) is 18.6. The Labute approximate surface area is 189 Å². The summed E-state index contributed by atoms with van der Waals surface area (Å²) in [6.07, 6.45) is 0.185. The lowest BCUT2D eigenvalue weighted by molar-refractivity contribution is -0.121. The summed E-state index contributed by atoms with van der Waals surface area (Å²) >= 11 is 3.12. The van der Waals surface area contributed by atoms with Crippen LogP contribution in [-0.2, 0) is 15.3 Å². The molecular formula is C23H21N3O3S2. The van der Waals surface area contributed by atoms with Gasteiger partial charge in [0.25, 0.3) is 5.91 Å². The van der Waals surface area contributed by atoms with Crippen LogP contribution in [0.3, 0.4) is 0 Å². The van der Waals surface area contributed by atoms with Crippen LogP contribution in [0.1, 0.15) is 28.0 Å². The summed E-state index contributed by atoms with van der Waals surface area (Å²) in [6.45, 7) is 1.78. The molecule has 8 heteroatoms. The molecule has 0 spiro atoms. The van der Waals surface area contributed by atoms with Crippen LogP contribution in [0.15, 0.2) is 64.3 Å². The first-order valence-corrected chi connectivity index (χ1v) is 11.5. The van der Waals surface area contributed by atoms with Crippen molar-refractivity contribution in [3.63, 3.8) is 0 Å². The highest BCUT2D eigenvalue weighted by Crippen LogP contribution is 2.27. The molecule has 3 aromatic rings. The standard InChI is InChI=1S/C23H21N3O3S2/c1-17-15-30-23(25-17)31-16-18-8-5-6-11-20(18)22(28)29-14-21(27)26(13-7-12-24)19-9-3-2-4-10-19/h2-6,8-11,15H,7,13-14,16H2,1H3. The second-order valence-corrected chi connectivity index (χ2v) is 8.65. The highest BCUT2D eigenvalue weighted by atomic mass is 32.2. The van der Waals surface area contributed by atoms with E-state index in [-0.39, 0.29) is 18.9 Å². The highest BCUT2D eigenvalue weighted by molar-refractivity contribution is 8.00. The smallest absolute Gasteiger partial charge is 0.338 e. The number of nitriles is 1. The van der Waals surface area contributed by atoms with Crippen molar-refractivity contribution in [1.29, 1.82) is 5.26 Å². The predicted octanol–water partition coefficient (Wildman–Crippen LogP) is 4.85. The van der Waals surface area contributed by atoms with Crippen LogP contribution < -0.4 is 4.90 Å². The van der Waals surface area contributed by atoms with Crippen molar-refractivity contribution in [2.45, 2.75) is 23.4 Å². The molecule has 0 radical (unpaired) electrons. The maximum absolute atomic E-state index is 12.7. The molecule has 6 nitrogen and oxygen atoms in total. The van der Waals surface area contributed by atoms with E-state index in [0.717, 1.165) is 15.6 Å². The number of carbonyl (C=O) groups excluding carboxylic acids is 2. The summed E-state index contributed by atoms with van der Waals surface area (Å²) in [5, 5.41) is 10.9. The molecule has 0 aliphatic heterocycles. The summed E-state index contributed by atoms with van der Waals surface area (Å²) in [5.74, 6) is -0.349. The van der Waals surface area contributed by atoms with Gasteiger partial charge in [0.05, 0.1) is 18.1 Å². The summed E-state index contributed by atoms with van der Waals surface area (Å²) in [4.78, 5) is 31.3. The fourth-order valence-electron chi connectivity index (χ4n) is 2.83. The van der Waals surface area contributed by atoms with E-state index in [1.54, 1.807) is 47.4 Å². The number of thioether (sulfide) groups is 1. The number of nitrogens with zero attached hydrogens (tertiary/aromatic N) is 3. The number of esters is 1. The summed E-state index contributed by atoms with van der Waals surface area (Å²) in [6, 6.07) is 18.3. The van der Waals surface area contributed by atoms with E-state index in [4.69, 9.17) is 10.00 Å². The quantitative estimate of drug-likeness (QED) is 0.342. The Morgan fingerprint density at radius 2 is 1.90 bits per heavy atom. The third kappa shape index (κ3) is 6.41. The highest BCUT2D eigenvalue weighted by Gasteiger charge is 2.19. The molecule has 2 aromatic carbocycles. The summed E-state index contributed by atoms with van der Waals surface area (Å²) < 4.78 is 6.27. The van der Waals surface area contributed by atoms with Crippen LogP contribution in [-0.4, -0.2) is 30.0 Å². The zero-order valence-electron chi connectivity index (χ0n) is 17.0. The van der Waals surface area contributed by atoms with Crippen molar-refractivity contribution in [3.05, 3.63) is 76.8 Å². The third-order valence-corrected chi connectivity index (χ3v) is 6.52. The number of para-hydroxylation sites is 1. The van der Waals surface area contributed by atoms with Gasteiger partial charge in [-0.15, -0.1) is 11.3 Å². The Morgan fingerprint density at radius 3 is 2.61 bits per heavy atom. The van der Waals surface area contributed by atoms with Gasteiger partial charge in [-0.1, -0.05) is 48.2 Å². The van der Waals surface area contributed by atoms with Gasteiger partial charge < -0.3 is 9.64 Å². The van der Waals surface area contributed by atoms with Gasteiger partial charge in [-0.05, 0) is 30.7 Å². The molecule has 0 bridgehead atoms. The van der Waals surface area contributed by atoms with Gasteiger partial charge in [0.15, 0.2) is 6.61 Å². The SMILES string of the molecule is Cc1csc(SCc2ccccc2C(=O)OCC(=O)N(CCC#N)c2ccccc2)n1. The second-order valence-electron chi connectivity index (χ2n) is 6.57. The van der Waals surface area contributed by atoms with E-state index >= 15 is 0 Å². The topological polar surface area (TPSA) is 83.3 Å². The van der Waals surface area contributed by atoms with Gasteiger partial charge in [-0.3, -0.25) is 4.79 Å². The number of benzene rings is 2. The van der Waals surface area contributed by atoms with Gasteiger partial charge in [0.1, 0.15) is 4.34 Å². The van der Waals surface area contributed by atoms with E-state index in [2.05, 4.69) is 4.98 Å². The first kappa shape index (κ1) is 22.5. The minimum absolute atomic E-state index is 0.185. The van der Waals surface area contributed by atoms with E-state index < -0.39 is 12.6 Å². The molecular weight excluding hydrogens is 430 g/mol. The van der Waals surface area contributed by atoms with E-state index in [1.165, 1.54) is 4.90 Å².